The molecule has 0 amide bonds. The van der Waals surface area contributed by atoms with Crippen molar-refractivity contribution in [1.82, 2.24) is 19.1 Å². The number of aromatic nitrogens is 3. The van der Waals surface area contributed by atoms with Crippen LogP contribution in [0, 0.1) is 0 Å². The average molecular weight is 330 g/mol. The molecule has 3 rings (SSSR count). The molecule has 0 aliphatic carbocycles. The predicted molar refractivity (Wildman–Crippen MR) is 76.1 cm³/mol. The molecular weight excluding hydrogens is 313 g/mol. The minimum Gasteiger partial charge on any atom is -0.380 e. The van der Waals surface area contributed by atoms with E-state index in [2.05, 4.69) is 5.10 Å². The maximum Gasteiger partial charge on any atom is 0.417 e. The molecule has 1 saturated heterocycles. The second-order valence-electron chi connectivity index (χ2n) is 5.81. The summed E-state index contributed by atoms with van der Waals surface area (Å²) in [4.78, 5) is 13.9. The topological polar surface area (TPSA) is 62.8 Å². The molecule has 9 heteroatoms. The number of nitrogens with zero attached hydrogens (tertiary/aromatic N) is 4. The van der Waals surface area contributed by atoms with Crippen molar-refractivity contribution in [1.29, 1.82) is 0 Å². The number of hydrogen-bond acceptors (Lipinski definition) is 4. The van der Waals surface area contributed by atoms with E-state index < -0.39 is 11.8 Å². The van der Waals surface area contributed by atoms with Crippen molar-refractivity contribution < 1.29 is 18.3 Å². The van der Waals surface area contributed by atoms with Crippen molar-refractivity contribution in [3.8, 4) is 0 Å². The molecule has 0 spiro atoms. The van der Waals surface area contributed by atoms with Crippen molar-refractivity contribution in [3.63, 3.8) is 0 Å². The third-order valence-electron chi connectivity index (χ3n) is 4.33. The van der Waals surface area contributed by atoms with Crippen molar-refractivity contribution in [2.75, 3.05) is 19.6 Å². The highest BCUT2D eigenvalue weighted by Gasteiger charge is 2.54. The first kappa shape index (κ1) is 16.0. The quantitative estimate of drug-likeness (QED) is 0.908. The highest BCUT2D eigenvalue weighted by atomic mass is 19.4. The highest BCUT2D eigenvalue weighted by molar-refractivity contribution is 5.35. The zero-order valence-corrected chi connectivity index (χ0v) is 12.3. The van der Waals surface area contributed by atoms with Crippen LogP contribution in [0.15, 0.2) is 29.2 Å². The maximum absolute atomic E-state index is 12.7. The SMILES string of the molecule is O=c1n(CCN2CCC(O)(C(F)(F)F)CC2)nc2ccccn12. The minimum absolute atomic E-state index is 0.137. The first-order valence-electron chi connectivity index (χ1n) is 7.36. The van der Waals surface area contributed by atoms with E-state index >= 15 is 0 Å². The van der Waals surface area contributed by atoms with E-state index in [0.717, 1.165) is 0 Å². The van der Waals surface area contributed by atoms with Crippen LogP contribution in [0.3, 0.4) is 0 Å². The molecular formula is C14H17F3N4O2. The molecule has 2 aromatic rings. The van der Waals surface area contributed by atoms with Crippen LogP contribution in [-0.2, 0) is 6.54 Å². The molecule has 0 radical (unpaired) electrons. The molecule has 0 bridgehead atoms. The van der Waals surface area contributed by atoms with Crippen LogP contribution in [-0.4, -0.2) is 55.6 Å². The largest absolute Gasteiger partial charge is 0.417 e. The second-order valence-corrected chi connectivity index (χ2v) is 5.81. The van der Waals surface area contributed by atoms with Gasteiger partial charge in [-0.15, -0.1) is 5.10 Å². The summed E-state index contributed by atoms with van der Waals surface area (Å²) in [7, 11) is 0. The number of rotatable bonds is 3. The van der Waals surface area contributed by atoms with Crippen LogP contribution in [0.2, 0.25) is 0 Å². The van der Waals surface area contributed by atoms with Gasteiger partial charge in [0.05, 0.1) is 6.54 Å². The van der Waals surface area contributed by atoms with E-state index in [1.807, 2.05) is 0 Å². The fraction of sp³-hybridized carbons (Fsp3) is 0.571. The van der Waals surface area contributed by atoms with E-state index in [9.17, 15) is 23.1 Å². The molecule has 1 aliphatic rings. The fourth-order valence-corrected chi connectivity index (χ4v) is 2.78. The normalized spacial score (nSPS) is 19.3. The number of aliphatic hydroxyl groups is 1. The smallest absolute Gasteiger partial charge is 0.380 e. The Labute approximate surface area is 129 Å². The summed E-state index contributed by atoms with van der Waals surface area (Å²) in [5.41, 5.74) is -2.34. The van der Waals surface area contributed by atoms with Crippen LogP contribution in [0.4, 0.5) is 13.2 Å². The van der Waals surface area contributed by atoms with Gasteiger partial charge < -0.3 is 10.0 Å². The summed E-state index contributed by atoms with van der Waals surface area (Å²) in [6.07, 6.45) is -3.68. The van der Waals surface area contributed by atoms with Crippen LogP contribution >= 0.6 is 0 Å². The van der Waals surface area contributed by atoms with Crippen LogP contribution < -0.4 is 5.69 Å². The predicted octanol–water partition coefficient (Wildman–Crippen LogP) is 0.885. The molecule has 6 nitrogen and oxygen atoms in total. The summed E-state index contributed by atoms with van der Waals surface area (Å²) in [5, 5.41) is 13.8. The Kier molecular flexibility index (Phi) is 3.93. The maximum atomic E-state index is 12.7. The lowest BCUT2D eigenvalue weighted by Crippen LogP contribution is -2.53. The van der Waals surface area contributed by atoms with E-state index in [4.69, 9.17) is 0 Å². The first-order chi connectivity index (χ1) is 10.8. The Hall–Kier alpha value is -1.87. The number of alkyl halides is 3. The third-order valence-corrected chi connectivity index (χ3v) is 4.33. The van der Waals surface area contributed by atoms with Gasteiger partial charge in [-0.3, -0.25) is 4.40 Å². The summed E-state index contributed by atoms with van der Waals surface area (Å²) in [6, 6.07) is 5.21. The number of pyridine rings is 1. The van der Waals surface area contributed by atoms with Gasteiger partial charge in [0, 0.05) is 25.8 Å². The number of hydrogen-bond donors (Lipinski definition) is 1. The standard InChI is InChI=1S/C14H17F3N4O2/c15-14(16,17)13(23)4-7-19(8-5-13)9-10-21-12(22)20-6-2-1-3-11(20)18-21/h1-3,6,23H,4-5,7-10H2. The summed E-state index contributed by atoms with van der Waals surface area (Å²) in [5.74, 6) is 0. The van der Waals surface area contributed by atoms with E-state index in [-0.39, 0.29) is 31.6 Å². The molecule has 23 heavy (non-hydrogen) atoms. The van der Waals surface area contributed by atoms with Gasteiger partial charge >= 0.3 is 11.9 Å². The summed E-state index contributed by atoms with van der Waals surface area (Å²) < 4.78 is 41.0. The monoisotopic (exact) mass is 330 g/mol. The van der Waals surface area contributed by atoms with Crippen LogP contribution in [0.1, 0.15) is 12.8 Å². The highest BCUT2D eigenvalue weighted by Crippen LogP contribution is 2.38. The van der Waals surface area contributed by atoms with Crippen LogP contribution in [0.5, 0.6) is 0 Å². The Morgan fingerprint density at radius 2 is 1.91 bits per heavy atom. The van der Waals surface area contributed by atoms with Gasteiger partial charge in [0.2, 0.25) is 0 Å². The second kappa shape index (κ2) is 5.64. The first-order valence-corrected chi connectivity index (χ1v) is 7.36. The third kappa shape index (κ3) is 2.98. The lowest BCUT2D eigenvalue weighted by molar-refractivity contribution is -0.272. The van der Waals surface area contributed by atoms with Gasteiger partial charge in [0.15, 0.2) is 11.2 Å². The van der Waals surface area contributed by atoms with Gasteiger partial charge in [0.1, 0.15) is 0 Å². The molecule has 2 aromatic heterocycles. The Morgan fingerprint density at radius 1 is 1.22 bits per heavy atom. The Bertz CT molecular complexity index is 744. The number of piperidine rings is 1. The zero-order chi connectivity index (χ0) is 16.7. The molecule has 126 valence electrons. The van der Waals surface area contributed by atoms with Gasteiger partial charge in [-0.25, -0.2) is 9.48 Å². The molecule has 0 atom stereocenters. The lowest BCUT2D eigenvalue weighted by Gasteiger charge is -2.39. The van der Waals surface area contributed by atoms with Gasteiger partial charge in [-0.2, -0.15) is 13.2 Å². The van der Waals surface area contributed by atoms with E-state index in [0.29, 0.717) is 18.7 Å². The van der Waals surface area contributed by atoms with E-state index in [1.54, 1.807) is 29.3 Å². The molecule has 0 aromatic carbocycles. The Morgan fingerprint density at radius 3 is 2.52 bits per heavy atom. The van der Waals surface area contributed by atoms with Crippen molar-refractivity contribution >= 4 is 5.65 Å². The van der Waals surface area contributed by atoms with Crippen LogP contribution in [0.25, 0.3) is 5.65 Å². The molecule has 0 saturated carbocycles. The van der Waals surface area contributed by atoms with Crippen molar-refractivity contribution in [3.05, 3.63) is 34.9 Å². The molecule has 1 fully saturated rings. The van der Waals surface area contributed by atoms with Crippen molar-refractivity contribution in [2.45, 2.75) is 31.2 Å². The molecule has 0 unspecified atom stereocenters. The average Bonchev–Trinajstić information content (AvgIpc) is 2.83. The van der Waals surface area contributed by atoms with E-state index in [1.165, 1.54) is 9.08 Å². The van der Waals surface area contributed by atoms with Crippen molar-refractivity contribution in [2.24, 2.45) is 0 Å². The number of halogens is 3. The van der Waals surface area contributed by atoms with Gasteiger partial charge in [-0.05, 0) is 25.0 Å². The fourth-order valence-electron chi connectivity index (χ4n) is 2.78. The zero-order valence-electron chi connectivity index (χ0n) is 12.3. The lowest BCUT2D eigenvalue weighted by atomic mass is 9.91. The minimum atomic E-state index is -4.60. The molecule has 1 aliphatic heterocycles. The summed E-state index contributed by atoms with van der Waals surface area (Å²) in [6.45, 7) is 0.985. The Balaban J connectivity index is 1.62. The summed E-state index contributed by atoms with van der Waals surface area (Å²) >= 11 is 0. The van der Waals surface area contributed by atoms with Gasteiger partial charge in [0.25, 0.3) is 0 Å². The number of fused-ring (bicyclic) bond motifs is 1. The number of likely N-dealkylation sites (tertiary alicyclic amines) is 1. The molecule has 3 heterocycles. The molecule has 1 N–H and O–H groups in total. The van der Waals surface area contributed by atoms with Gasteiger partial charge in [-0.1, -0.05) is 6.07 Å².